The van der Waals surface area contributed by atoms with Crippen LogP contribution in [0.4, 0.5) is 10.5 Å². The molecule has 1 heterocycles. The number of carbonyl (C=O) groups excluding carboxylic acids is 2. The minimum Gasteiger partial charge on any atom is -0.477 e. The van der Waals surface area contributed by atoms with Gasteiger partial charge < -0.3 is 20.5 Å². The van der Waals surface area contributed by atoms with E-state index in [0.717, 1.165) is 22.3 Å². The standard InChI is InChI=1S/C27H27N3O5/c1-16(2)22(25(31)30-17-11-12-24(26(32)33)28-13-17)14-29-27(34)35-15-23-20-9-5-3-7-18(20)19-8-4-6-10-21(19)23/h3-13,16,22-23H,14-15H2,1-2H3,(H,29,34)(H,30,31)(H,32,33). The van der Waals surface area contributed by atoms with Crippen LogP contribution in [0.2, 0.25) is 0 Å². The fourth-order valence-electron chi connectivity index (χ4n) is 4.30. The van der Waals surface area contributed by atoms with Gasteiger partial charge in [-0.05, 0) is 40.3 Å². The number of ether oxygens (including phenoxy) is 1. The normalized spacial score (nSPS) is 13.0. The molecule has 0 spiro atoms. The zero-order valence-electron chi connectivity index (χ0n) is 19.5. The summed E-state index contributed by atoms with van der Waals surface area (Å²) in [7, 11) is 0. The minimum atomic E-state index is -1.14. The zero-order valence-corrected chi connectivity index (χ0v) is 19.5. The van der Waals surface area contributed by atoms with Gasteiger partial charge in [-0.25, -0.2) is 14.6 Å². The summed E-state index contributed by atoms with van der Waals surface area (Å²) in [6.07, 6.45) is 0.704. The number of carbonyl (C=O) groups is 3. The third-order valence-electron chi connectivity index (χ3n) is 6.20. The van der Waals surface area contributed by atoms with Crippen molar-refractivity contribution in [2.75, 3.05) is 18.5 Å². The maximum atomic E-state index is 12.8. The lowest BCUT2D eigenvalue weighted by Gasteiger charge is -2.21. The van der Waals surface area contributed by atoms with Gasteiger partial charge in [0.1, 0.15) is 12.3 Å². The monoisotopic (exact) mass is 473 g/mol. The number of nitrogens with zero attached hydrogens (tertiary/aromatic N) is 1. The molecule has 0 fully saturated rings. The van der Waals surface area contributed by atoms with Crippen molar-refractivity contribution in [3.8, 4) is 11.1 Å². The highest BCUT2D eigenvalue weighted by Gasteiger charge is 2.29. The second-order valence-electron chi connectivity index (χ2n) is 8.78. The van der Waals surface area contributed by atoms with Gasteiger partial charge in [0, 0.05) is 12.5 Å². The molecule has 180 valence electrons. The van der Waals surface area contributed by atoms with Crippen molar-refractivity contribution in [3.05, 3.63) is 83.7 Å². The number of amides is 2. The Labute approximate surface area is 203 Å². The van der Waals surface area contributed by atoms with E-state index in [1.54, 1.807) is 0 Å². The summed E-state index contributed by atoms with van der Waals surface area (Å²) in [6, 6.07) is 19.0. The predicted molar refractivity (Wildman–Crippen MR) is 131 cm³/mol. The van der Waals surface area contributed by atoms with Crippen molar-refractivity contribution in [3.63, 3.8) is 0 Å². The average Bonchev–Trinajstić information content (AvgIpc) is 3.16. The van der Waals surface area contributed by atoms with E-state index in [1.807, 2.05) is 38.1 Å². The quantitative estimate of drug-likeness (QED) is 0.442. The van der Waals surface area contributed by atoms with Crippen LogP contribution in [0.15, 0.2) is 66.9 Å². The topological polar surface area (TPSA) is 118 Å². The van der Waals surface area contributed by atoms with Gasteiger partial charge in [-0.15, -0.1) is 0 Å². The van der Waals surface area contributed by atoms with Gasteiger partial charge in [0.25, 0.3) is 0 Å². The lowest BCUT2D eigenvalue weighted by atomic mass is 9.95. The molecule has 2 amide bonds. The number of anilines is 1. The number of hydrogen-bond acceptors (Lipinski definition) is 5. The molecule has 0 saturated heterocycles. The van der Waals surface area contributed by atoms with Gasteiger partial charge in [-0.2, -0.15) is 0 Å². The van der Waals surface area contributed by atoms with Crippen LogP contribution in [-0.4, -0.2) is 41.2 Å². The fraction of sp³-hybridized carbons (Fsp3) is 0.259. The number of benzene rings is 2. The van der Waals surface area contributed by atoms with Gasteiger partial charge in [0.05, 0.1) is 17.8 Å². The summed E-state index contributed by atoms with van der Waals surface area (Å²) in [4.78, 5) is 40.0. The molecular formula is C27H27N3O5. The highest BCUT2D eigenvalue weighted by molar-refractivity contribution is 5.93. The number of fused-ring (bicyclic) bond motifs is 3. The molecule has 0 aliphatic heterocycles. The molecule has 3 aromatic rings. The van der Waals surface area contributed by atoms with E-state index in [4.69, 9.17) is 9.84 Å². The number of carboxylic acids is 1. The Kier molecular flexibility index (Phi) is 7.10. The molecule has 1 aromatic heterocycles. The van der Waals surface area contributed by atoms with Crippen molar-refractivity contribution in [2.45, 2.75) is 19.8 Å². The number of alkyl carbamates (subject to hydrolysis) is 1. The maximum Gasteiger partial charge on any atom is 0.407 e. The number of aromatic nitrogens is 1. The first kappa shape index (κ1) is 23.9. The fourth-order valence-corrected chi connectivity index (χ4v) is 4.30. The average molecular weight is 474 g/mol. The van der Waals surface area contributed by atoms with E-state index in [2.05, 4.69) is 39.9 Å². The Bertz CT molecular complexity index is 1190. The van der Waals surface area contributed by atoms with Gasteiger partial charge in [0.2, 0.25) is 5.91 Å². The summed E-state index contributed by atoms with van der Waals surface area (Å²) in [6.45, 7) is 4.06. The zero-order chi connectivity index (χ0) is 24.9. The predicted octanol–water partition coefficient (Wildman–Crippen LogP) is 4.53. The molecule has 8 nitrogen and oxygen atoms in total. The molecule has 35 heavy (non-hydrogen) atoms. The maximum absolute atomic E-state index is 12.8. The number of hydrogen-bond donors (Lipinski definition) is 3. The molecule has 1 atom stereocenters. The van der Waals surface area contributed by atoms with Gasteiger partial charge >= 0.3 is 12.1 Å². The first-order valence-corrected chi connectivity index (χ1v) is 11.4. The highest BCUT2D eigenvalue weighted by Crippen LogP contribution is 2.44. The lowest BCUT2D eigenvalue weighted by Crippen LogP contribution is -2.38. The summed E-state index contributed by atoms with van der Waals surface area (Å²) >= 11 is 0. The Morgan fingerprint density at radius 2 is 1.60 bits per heavy atom. The van der Waals surface area contributed by atoms with Crippen LogP contribution in [0.5, 0.6) is 0 Å². The van der Waals surface area contributed by atoms with Crippen LogP contribution in [0.25, 0.3) is 11.1 Å². The third kappa shape index (κ3) is 5.32. The van der Waals surface area contributed by atoms with Gasteiger partial charge in [0.15, 0.2) is 0 Å². The van der Waals surface area contributed by atoms with Crippen LogP contribution < -0.4 is 10.6 Å². The van der Waals surface area contributed by atoms with Gasteiger partial charge in [-0.1, -0.05) is 62.4 Å². The van der Waals surface area contributed by atoms with E-state index >= 15 is 0 Å². The third-order valence-corrected chi connectivity index (χ3v) is 6.20. The first-order chi connectivity index (χ1) is 16.8. The molecular weight excluding hydrogens is 446 g/mol. The van der Waals surface area contributed by atoms with E-state index in [1.165, 1.54) is 18.3 Å². The molecule has 1 aliphatic rings. The van der Waals surface area contributed by atoms with Crippen LogP contribution in [0.1, 0.15) is 41.4 Å². The van der Waals surface area contributed by atoms with Crippen molar-refractivity contribution in [1.29, 1.82) is 0 Å². The van der Waals surface area contributed by atoms with Crippen molar-refractivity contribution < 1.29 is 24.2 Å². The van der Waals surface area contributed by atoms with E-state index in [9.17, 15) is 14.4 Å². The SMILES string of the molecule is CC(C)C(CNC(=O)OCC1c2ccccc2-c2ccccc21)C(=O)Nc1ccc(C(=O)O)nc1. The van der Waals surface area contributed by atoms with Crippen molar-refractivity contribution in [2.24, 2.45) is 11.8 Å². The molecule has 0 radical (unpaired) electrons. The molecule has 2 aromatic carbocycles. The van der Waals surface area contributed by atoms with E-state index in [0.29, 0.717) is 5.69 Å². The Morgan fingerprint density at radius 1 is 0.971 bits per heavy atom. The van der Waals surface area contributed by atoms with Crippen LogP contribution in [-0.2, 0) is 9.53 Å². The van der Waals surface area contributed by atoms with Crippen molar-refractivity contribution >= 4 is 23.7 Å². The molecule has 4 rings (SSSR count). The lowest BCUT2D eigenvalue weighted by molar-refractivity contribution is -0.120. The smallest absolute Gasteiger partial charge is 0.407 e. The van der Waals surface area contributed by atoms with Crippen LogP contribution in [0, 0.1) is 11.8 Å². The number of aromatic carboxylic acids is 1. The van der Waals surface area contributed by atoms with Crippen LogP contribution >= 0.6 is 0 Å². The minimum absolute atomic E-state index is 0.0429. The Morgan fingerprint density at radius 3 is 2.14 bits per heavy atom. The summed E-state index contributed by atoms with van der Waals surface area (Å²) in [5.41, 5.74) is 4.83. The van der Waals surface area contributed by atoms with Gasteiger partial charge in [-0.3, -0.25) is 4.79 Å². The molecule has 3 N–H and O–H groups in total. The summed E-state index contributed by atoms with van der Waals surface area (Å²) in [5.74, 6) is -2.07. The number of rotatable bonds is 8. The Hall–Kier alpha value is -4.20. The molecule has 1 unspecified atom stereocenters. The first-order valence-electron chi connectivity index (χ1n) is 11.4. The number of pyridine rings is 1. The molecule has 0 bridgehead atoms. The second-order valence-corrected chi connectivity index (χ2v) is 8.78. The molecule has 1 aliphatic carbocycles. The van der Waals surface area contributed by atoms with Crippen molar-refractivity contribution in [1.82, 2.24) is 10.3 Å². The Balaban J connectivity index is 1.34. The number of nitrogens with one attached hydrogen (secondary N) is 2. The van der Waals surface area contributed by atoms with Crippen LogP contribution in [0.3, 0.4) is 0 Å². The highest BCUT2D eigenvalue weighted by atomic mass is 16.5. The molecule has 0 saturated carbocycles. The summed E-state index contributed by atoms with van der Waals surface area (Å²) < 4.78 is 5.56. The second kappa shape index (κ2) is 10.4. The van der Waals surface area contributed by atoms with E-state index < -0.39 is 18.0 Å². The number of carboxylic acid groups (broad SMARTS) is 1. The summed E-state index contributed by atoms with van der Waals surface area (Å²) in [5, 5.41) is 14.4. The molecule has 8 heteroatoms. The largest absolute Gasteiger partial charge is 0.477 e. The van der Waals surface area contributed by atoms with E-state index in [-0.39, 0.29) is 36.6 Å².